The van der Waals surface area contributed by atoms with E-state index in [0.717, 1.165) is 66.6 Å². The monoisotopic (exact) mass is 766 g/mol. The summed E-state index contributed by atoms with van der Waals surface area (Å²) in [6, 6.07) is 9.41. The van der Waals surface area contributed by atoms with Crippen LogP contribution in [0.1, 0.15) is 63.2 Å². The van der Waals surface area contributed by atoms with Crippen molar-refractivity contribution in [1.82, 2.24) is 29.0 Å². The van der Waals surface area contributed by atoms with Crippen LogP contribution in [0.15, 0.2) is 48.9 Å². The number of anilines is 2. The average molecular weight is 767 g/mol. The number of aryl methyl sites for hydroxylation is 1. The Bertz CT molecular complexity index is 1340. The summed E-state index contributed by atoms with van der Waals surface area (Å²) in [4.78, 5) is 22.0. The molecule has 1 aromatic carbocycles. The van der Waals surface area contributed by atoms with E-state index in [2.05, 4.69) is 43.9 Å². The topological polar surface area (TPSA) is 134 Å². The molecule has 0 saturated heterocycles. The molecular weight excluding hydrogens is 728 g/mol. The molecule has 0 aliphatic rings. The van der Waals surface area contributed by atoms with Crippen LogP contribution in [0.5, 0.6) is 0 Å². The molecule has 0 aliphatic carbocycles. The van der Waals surface area contributed by atoms with E-state index in [4.69, 9.17) is 20.8 Å². The van der Waals surface area contributed by atoms with Crippen molar-refractivity contribution in [2.24, 2.45) is 0 Å². The van der Waals surface area contributed by atoms with Gasteiger partial charge in [-0.25, -0.2) is 4.98 Å². The van der Waals surface area contributed by atoms with Crippen molar-refractivity contribution in [1.29, 1.82) is 0 Å². The summed E-state index contributed by atoms with van der Waals surface area (Å²) in [6.45, 7) is 7.50. The summed E-state index contributed by atoms with van der Waals surface area (Å²) >= 11 is 2.24. The molecule has 4 aromatic rings. The molecule has 41 heavy (non-hydrogen) atoms. The SMILES string of the molecule is CC(C)[NH-].CCCn1cc(-c2nc(Nc3ccc(C(=O)NCCCCCCO)cc3)nc3c2ccn3SI)cn1.[Y]. The Hall–Kier alpha value is -1.58. The molecule has 219 valence electrons. The first-order valence-corrected chi connectivity index (χ1v) is 16.9. The van der Waals surface area contributed by atoms with Gasteiger partial charge in [0.25, 0.3) is 5.91 Å². The number of nitrogens with one attached hydrogen (secondary N) is 3. The Balaban J connectivity index is 0.00000110. The third-order valence-electron chi connectivity index (χ3n) is 5.72. The van der Waals surface area contributed by atoms with E-state index in [0.29, 0.717) is 18.1 Å². The van der Waals surface area contributed by atoms with Crippen LogP contribution in [0.4, 0.5) is 11.6 Å². The first-order chi connectivity index (χ1) is 19.4. The summed E-state index contributed by atoms with van der Waals surface area (Å²) in [5, 5.41) is 20.5. The Kier molecular flexibility index (Phi) is 16.4. The van der Waals surface area contributed by atoms with Crippen molar-refractivity contribution in [2.75, 3.05) is 18.5 Å². The molecule has 1 amide bonds. The summed E-state index contributed by atoms with van der Waals surface area (Å²) < 4.78 is 3.93. The number of benzene rings is 1. The molecule has 0 fully saturated rings. The molecule has 0 bridgehead atoms. The Morgan fingerprint density at radius 2 is 1.83 bits per heavy atom. The number of aromatic nitrogens is 5. The second-order valence-electron chi connectivity index (χ2n) is 9.59. The number of aliphatic hydroxyl groups is 1. The Morgan fingerprint density at radius 1 is 1.12 bits per heavy atom. The smallest absolute Gasteiger partial charge is 0.251 e. The van der Waals surface area contributed by atoms with Gasteiger partial charge in [0.2, 0.25) is 5.95 Å². The molecule has 0 saturated carbocycles. The minimum absolute atomic E-state index is 0. The standard InChI is InChI=1S/C25H30IN7O2S.C3H8N.Y/c1-2-13-32-17-19(16-28-32)22-21-11-14-33(36-26)23(21)31-25(30-22)29-20-9-7-18(8-10-20)24(35)27-12-5-3-4-6-15-34;1-3(2)4;/h7-11,14,16-17,34H,2-6,12-13,15H2,1H3,(H,27,35)(H,29,30,31);3-4H,1-2H3;/q;-1;. The minimum atomic E-state index is -0.0929. The van der Waals surface area contributed by atoms with Crippen LogP contribution in [-0.2, 0) is 39.3 Å². The number of hydrogen-bond acceptors (Lipinski definition) is 7. The van der Waals surface area contributed by atoms with Crippen molar-refractivity contribution in [3.05, 3.63) is 60.2 Å². The number of aliphatic hydroxyl groups excluding tert-OH is 1. The maximum atomic E-state index is 12.4. The van der Waals surface area contributed by atoms with Gasteiger partial charge in [-0.15, -0.1) is 6.04 Å². The summed E-state index contributed by atoms with van der Waals surface area (Å²) in [5.41, 5.74) is 10.6. The van der Waals surface area contributed by atoms with Crippen LogP contribution in [0.2, 0.25) is 0 Å². The van der Waals surface area contributed by atoms with E-state index >= 15 is 0 Å². The van der Waals surface area contributed by atoms with Gasteiger partial charge in [0.15, 0.2) is 5.65 Å². The average Bonchev–Trinajstić information content (AvgIpc) is 3.57. The zero-order chi connectivity index (χ0) is 28.9. The summed E-state index contributed by atoms with van der Waals surface area (Å²) in [5.74, 6) is 0.385. The molecule has 3 aromatic heterocycles. The molecule has 0 spiro atoms. The summed E-state index contributed by atoms with van der Waals surface area (Å²) in [7, 11) is 1.55. The maximum absolute atomic E-state index is 12.4. The van der Waals surface area contributed by atoms with Gasteiger partial charge in [-0.1, -0.05) is 33.6 Å². The quantitative estimate of drug-likeness (QED) is 0.0984. The normalized spacial score (nSPS) is 10.7. The number of halogens is 1. The number of unbranched alkanes of at least 4 members (excludes halogenated alkanes) is 3. The fraction of sp³-hybridized carbons (Fsp3) is 0.429. The second kappa shape index (κ2) is 18.9. The van der Waals surface area contributed by atoms with Gasteiger partial charge in [-0.2, -0.15) is 10.1 Å². The zero-order valence-electron chi connectivity index (χ0n) is 23.8. The van der Waals surface area contributed by atoms with Crippen LogP contribution in [0.3, 0.4) is 0 Å². The van der Waals surface area contributed by atoms with Gasteiger partial charge >= 0.3 is 0 Å². The van der Waals surface area contributed by atoms with Gasteiger partial charge < -0.3 is 21.5 Å². The first-order valence-electron chi connectivity index (χ1n) is 13.5. The predicted molar refractivity (Wildman–Crippen MR) is 173 cm³/mol. The molecular formula is C28H38IN8O2SY-. The van der Waals surface area contributed by atoms with Crippen LogP contribution in [0, 0.1) is 0 Å². The molecule has 4 N–H and O–H groups in total. The number of fused-ring (bicyclic) bond motifs is 1. The van der Waals surface area contributed by atoms with Crippen LogP contribution < -0.4 is 10.6 Å². The Labute approximate surface area is 283 Å². The molecule has 0 atom stereocenters. The zero-order valence-corrected chi connectivity index (χ0v) is 29.6. The molecule has 0 unspecified atom stereocenters. The van der Waals surface area contributed by atoms with Crippen molar-refractivity contribution in [3.8, 4) is 11.3 Å². The van der Waals surface area contributed by atoms with E-state index in [-0.39, 0.29) is 51.3 Å². The third-order valence-corrected chi connectivity index (χ3v) is 7.43. The first kappa shape index (κ1) is 35.6. The largest absolute Gasteiger partial charge is 0.675 e. The number of amides is 1. The number of carbonyl (C=O) groups is 1. The van der Waals surface area contributed by atoms with Crippen LogP contribution in [-0.4, -0.2) is 53.9 Å². The van der Waals surface area contributed by atoms with Gasteiger partial charge in [-0.3, -0.25) is 13.4 Å². The molecule has 4 rings (SSSR count). The number of nitrogens with zero attached hydrogens (tertiary/aromatic N) is 5. The fourth-order valence-electron chi connectivity index (χ4n) is 3.89. The van der Waals surface area contributed by atoms with Crippen molar-refractivity contribution in [3.63, 3.8) is 0 Å². The molecule has 13 heteroatoms. The number of rotatable bonds is 13. The van der Waals surface area contributed by atoms with Crippen molar-refractivity contribution < 1.29 is 42.6 Å². The van der Waals surface area contributed by atoms with Gasteiger partial charge in [-0.05, 0) is 49.6 Å². The van der Waals surface area contributed by atoms with Gasteiger partial charge in [0.1, 0.15) is 0 Å². The molecule has 10 nitrogen and oxygen atoms in total. The summed E-state index contributed by atoms with van der Waals surface area (Å²) in [6.07, 6.45) is 10.5. The van der Waals surface area contributed by atoms with E-state index < -0.39 is 0 Å². The fourth-order valence-corrected chi connectivity index (χ4v) is 5.15. The van der Waals surface area contributed by atoms with Crippen LogP contribution >= 0.6 is 30.3 Å². The molecule has 1 radical (unpaired) electrons. The number of hydrogen-bond donors (Lipinski definition) is 3. The van der Waals surface area contributed by atoms with E-state index in [1.807, 2.05) is 59.3 Å². The van der Waals surface area contributed by atoms with Gasteiger partial charge in [0.05, 0.1) is 11.9 Å². The minimum Gasteiger partial charge on any atom is -0.675 e. The van der Waals surface area contributed by atoms with E-state index in [1.165, 1.54) is 0 Å². The number of carbonyl (C=O) groups excluding carboxylic acids is 1. The van der Waals surface area contributed by atoms with Crippen LogP contribution in [0.25, 0.3) is 28.0 Å². The van der Waals surface area contributed by atoms with E-state index in [1.54, 1.807) is 21.3 Å². The molecule has 3 heterocycles. The maximum Gasteiger partial charge on any atom is 0.251 e. The second-order valence-corrected chi connectivity index (χ2v) is 11.3. The van der Waals surface area contributed by atoms with Crippen molar-refractivity contribution >= 4 is 58.9 Å². The Morgan fingerprint density at radius 3 is 2.49 bits per heavy atom. The third kappa shape index (κ3) is 11.2. The molecule has 0 aliphatic heterocycles. The van der Waals surface area contributed by atoms with Crippen molar-refractivity contribution in [2.45, 2.75) is 65.5 Å². The predicted octanol–water partition coefficient (Wildman–Crippen LogP) is 7.02. The van der Waals surface area contributed by atoms with Gasteiger partial charge in [0, 0.05) is 117 Å². The van der Waals surface area contributed by atoms with E-state index in [9.17, 15) is 4.79 Å².